The molecule has 0 heterocycles. The average molecular weight is 215 g/mol. The molecule has 0 saturated heterocycles. The van der Waals surface area contributed by atoms with Crippen molar-refractivity contribution in [2.45, 2.75) is 33.2 Å². The van der Waals surface area contributed by atoms with Crippen molar-refractivity contribution >= 4 is 5.96 Å². The fourth-order valence-electron chi connectivity index (χ4n) is 0.985. The molecular formula is C10H25N5. The van der Waals surface area contributed by atoms with Crippen LogP contribution in [0.25, 0.3) is 0 Å². The van der Waals surface area contributed by atoms with E-state index in [0.29, 0.717) is 12.0 Å². The molecule has 0 bridgehead atoms. The Morgan fingerprint density at radius 1 is 1.47 bits per heavy atom. The van der Waals surface area contributed by atoms with Gasteiger partial charge < -0.3 is 10.2 Å². The highest BCUT2D eigenvalue weighted by Gasteiger charge is 2.02. The predicted molar refractivity (Wildman–Crippen MR) is 65.7 cm³/mol. The molecule has 0 rings (SSSR count). The number of rotatable bonds is 6. The normalized spacial score (nSPS) is 12.3. The summed E-state index contributed by atoms with van der Waals surface area (Å²) in [4.78, 5) is 6.52. The number of nitrogens with two attached hydrogens (primary N) is 1. The lowest BCUT2D eigenvalue weighted by molar-refractivity contribution is 0.278. The molecule has 0 saturated carbocycles. The quantitative estimate of drug-likeness (QED) is 0.255. The van der Waals surface area contributed by atoms with E-state index in [2.05, 4.69) is 48.5 Å². The summed E-state index contributed by atoms with van der Waals surface area (Å²) in [5.74, 6) is 6.01. The van der Waals surface area contributed by atoms with Crippen LogP contribution in [0.4, 0.5) is 0 Å². The second-order valence-corrected chi connectivity index (χ2v) is 3.88. The van der Waals surface area contributed by atoms with Crippen molar-refractivity contribution in [2.75, 3.05) is 26.7 Å². The summed E-state index contributed by atoms with van der Waals surface area (Å²) >= 11 is 0. The van der Waals surface area contributed by atoms with Crippen LogP contribution in [-0.2, 0) is 0 Å². The van der Waals surface area contributed by atoms with E-state index in [1.165, 1.54) is 0 Å². The molecular weight excluding hydrogens is 190 g/mol. The molecule has 0 aliphatic heterocycles. The Morgan fingerprint density at radius 3 is 2.60 bits per heavy atom. The SMILES string of the molecule is CCCN=C(NN)NCCN(C)C(C)C. The van der Waals surface area contributed by atoms with Gasteiger partial charge >= 0.3 is 0 Å². The molecule has 0 fully saturated rings. The highest BCUT2D eigenvalue weighted by Crippen LogP contribution is 1.90. The van der Waals surface area contributed by atoms with Gasteiger partial charge in [0.1, 0.15) is 0 Å². The van der Waals surface area contributed by atoms with E-state index in [9.17, 15) is 0 Å². The summed E-state index contributed by atoms with van der Waals surface area (Å²) in [5, 5.41) is 3.16. The van der Waals surface area contributed by atoms with Crippen molar-refractivity contribution in [2.24, 2.45) is 10.8 Å². The fraction of sp³-hybridized carbons (Fsp3) is 0.900. The Kier molecular flexibility index (Phi) is 8.04. The average Bonchev–Trinajstić information content (AvgIpc) is 2.22. The largest absolute Gasteiger partial charge is 0.354 e. The first kappa shape index (κ1) is 14.2. The zero-order valence-electron chi connectivity index (χ0n) is 10.4. The number of aliphatic imine (C=N–C) groups is 1. The van der Waals surface area contributed by atoms with E-state index >= 15 is 0 Å². The number of hydrogen-bond donors (Lipinski definition) is 3. The number of nitrogens with one attached hydrogen (secondary N) is 2. The van der Waals surface area contributed by atoms with Gasteiger partial charge in [0.15, 0.2) is 0 Å². The van der Waals surface area contributed by atoms with Gasteiger partial charge in [-0.15, -0.1) is 0 Å². The molecule has 15 heavy (non-hydrogen) atoms. The van der Waals surface area contributed by atoms with Crippen LogP contribution in [0.5, 0.6) is 0 Å². The molecule has 5 nitrogen and oxygen atoms in total. The first-order valence-corrected chi connectivity index (χ1v) is 5.57. The van der Waals surface area contributed by atoms with Crippen molar-refractivity contribution < 1.29 is 0 Å². The molecule has 0 radical (unpaired) electrons. The van der Waals surface area contributed by atoms with Gasteiger partial charge in [-0.3, -0.25) is 10.4 Å². The Bertz CT molecular complexity index is 179. The van der Waals surface area contributed by atoms with E-state index in [-0.39, 0.29) is 0 Å². The molecule has 5 heteroatoms. The lowest BCUT2D eigenvalue weighted by atomic mass is 10.3. The zero-order valence-corrected chi connectivity index (χ0v) is 10.4. The maximum atomic E-state index is 5.33. The summed E-state index contributed by atoms with van der Waals surface area (Å²) in [6.45, 7) is 9.06. The topological polar surface area (TPSA) is 65.7 Å². The van der Waals surface area contributed by atoms with Crippen molar-refractivity contribution in [3.8, 4) is 0 Å². The molecule has 90 valence electrons. The molecule has 4 N–H and O–H groups in total. The minimum Gasteiger partial charge on any atom is -0.354 e. The Balaban J connectivity index is 3.72. The second kappa shape index (κ2) is 8.49. The molecule has 0 aliphatic rings. The molecule has 0 aliphatic carbocycles. The molecule has 0 spiro atoms. The van der Waals surface area contributed by atoms with Gasteiger partial charge in [-0.05, 0) is 27.3 Å². The third-order valence-electron chi connectivity index (χ3n) is 2.27. The second-order valence-electron chi connectivity index (χ2n) is 3.88. The number of likely N-dealkylation sites (N-methyl/N-ethyl adjacent to an activating group) is 1. The Labute approximate surface area is 93.1 Å². The van der Waals surface area contributed by atoms with Crippen LogP contribution >= 0.6 is 0 Å². The summed E-state index contributed by atoms with van der Waals surface area (Å²) in [5.41, 5.74) is 2.56. The van der Waals surface area contributed by atoms with Crippen LogP contribution in [-0.4, -0.2) is 43.6 Å². The van der Waals surface area contributed by atoms with Crippen LogP contribution in [0.3, 0.4) is 0 Å². The first-order valence-electron chi connectivity index (χ1n) is 5.57. The van der Waals surface area contributed by atoms with Crippen molar-refractivity contribution in [1.29, 1.82) is 0 Å². The predicted octanol–water partition coefficient (Wildman–Crippen LogP) is 0.146. The lowest BCUT2D eigenvalue weighted by Crippen LogP contribution is -2.45. The van der Waals surface area contributed by atoms with Crippen LogP contribution in [0.2, 0.25) is 0 Å². The monoisotopic (exact) mass is 215 g/mol. The highest BCUT2D eigenvalue weighted by molar-refractivity contribution is 5.79. The molecule has 0 aromatic rings. The van der Waals surface area contributed by atoms with Gasteiger partial charge in [-0.25, -0.2) is 5.84 Å². The molecule has 0 atom stereocenters. The summed E-state index contributed by atoms with van der Waals surface area (Å²) in [6, 6.07) is 0.564. The van der Waals surface area contributed by atoms with E-state index in [0.717, 1.165) is 26.1 Å². The maximum absolute atomic E-state index is 5.33. The van der Waals surface area contributed by atoms with Gasteiger partial charge in [0.05, 0.1) is 0 Å². The van der Waals surface area contributed by atoms with Gasteiger partial charge in [0, 0.05) is 25.7 Å². The van der Waals surface area contributed by atoms with Crippen molar-refractivity contribution in [3.05, 3.63) is 0 Å². The molecule has 0 aromatic carbocycles. The van der Waals surface area contributed by atoms with Gasteiger partial charge in [-0.1, -0.05) is 6.92 Å². The van der Waals surface area contributed by atoms with Crippen LogP contribution in [0, 0.1) is 0 Å². The fourth-order valence-corrected chi connectivity index (χ4v) is 0.985. The van der Waals surface area contributed by atoms with E-state index in [1.807, 2.05) is 0 Å². The summed E-state index contributed by atoms with van der Waals surface area (Å²) in [7, 11) is 2.10. The van der Waals surface area contributed by atoms with Crippen LogP contribution in [0.15, 0.2) is 4.99 Å². The van der Waals surface area contributed by atoms with Crippen molar-refractivity contribution in [3.63, 3.8) is 0 Å². The van der Waals surface area contributed by atoms with Crippen LogP contribution in [0.1, 0.15) is 27.2 Å². The smallest absolute Gasteiger partial charge is 0.205 e. The van der Waals surface area contributed by atoms with Crippen LogP contribution < -0.4 is 16.6 Å². The van der Waals surface area contributed by atoms with Gasteiger partial charge in [0.2, 0.25) is 5.96 Å². The third-order valence-corrected chi connectivity index (χ3v) is 2.27. The first-order chi connectivity index (χ1) is 7.11. The number of nitrogens with zero attached hydrogens (tertiary/aromatic N) is 2. The summed E-state index contributed by atoms with van der Waals surface area (Å²) in [6.07, 6.45) is 1.03. The molecule has 0 unspecified atom stereocenters. The van der Waals surface area contributed by atoms with E-state index in [4.69, 9.17) is 5.84 Å². The Hall–Kier alpha value is -0.810. The standard InChI is InChI=1S/C10H25N5/c1-5-6-12-10(14-11)13-7-8-15(4)9(2)3/h9H,5-8,11H2,1-4H3,(H2,12,13,14). The van der Waals surface area contributed by atoms with Gasteiger partial charge in [-0.2, -0.15) is 0 Å². The lowest BCUT2D eigenvalue weighted by Gasteiger charge is -2.21. The maximum Gasteiger partial charge on any atom is 0.205 e. The molecule has 0 aromatic heterocycles. The minimum absolute atomic E-state index is 0.564. The highest BCUT2D eigenvalue weighted by atomic mass is 15.3. The third kappa shape index (κ3) is 7.16. The Morgan fingerprint density at radius 2 is 2.13 bits per heavy atom. The number of hydrogen-bond acceptors (Lipinski definition) is 3. The molecule has 0 amide bonds. The number of hydrazine groups is 1. The van der Waals surface area contributed by atoms with Crippen molar-refractivity contribution in [1.82, 2.24) is 15.6 Å². The number of guanidine groups is 1. The van der Waals surface area contributed by atoms with E-state index in [1.54, 1.807) is 0 Å². The zero-order chi connectivity index (χ0) is 11.7. The van der Waals surface area contributed by atoms with Gasteiger partial charge in [0.25, 0.3) is 0 Å². The van der Waals surface area contributed by atoms with E-state index < -0.39 is 0 Å². The summed E-state index contributed by atoms with van der Waals surface area (Å²) < 4.78 is 0. The minimum atomic E-state index is 0.564.